The van der Waals surface area contributed by atoms with Crippen LogP contribution in [-0.4, -0.2) is 72.5 Å². The predicted octanol–water partition coefficient (Wildman–Crippen LogP) is 2.22. The van der Waals surface area contributed by atoms with Crippen LogP contribution in [0.25, 0.3) is 22.2 Å². The summed E-state index contributed by atoms with van der Waals surface area (Å²) < 4.78 is 35.2. The first kappa shape index (κ1) is 27.0. The highest BCUT2D eigenvalue weighted by Crippen LogP contribution is 2.27. The molecule has 3 N–H and O–H groups in total. The van der Waals surface area contributed by atoms with E-state index in [9.17, 15) is 18.0 Å². The number of rotatable bonds is 4. The number of halogens is 3. The molecule has 1 aliphatic heterocycles. The Morgan fingerprint density at radius 3 is 2.50 bits per heavy atom. The summed E-state index contributed by atoms with van der Waals surface area (Å²) in [7, 11) is 1.73. The number of carbonyl (C=O) groups is 1. The number of H-pyrrole nitrogens is 1. The number of para-hydroxylation sites is 2. The highest BCUT2D eigenvalue weighted by atomic mass is 32.2. The number of nitrogens with zero attached hydrogens (tertiary/aromatic N) is 6. The maximum atomic E-state index is 13.3. The van der Waals surface area contributed by atoms with Crippen LogP contribution in [0.1, 0.15) is 6.92 Å². The molecule has 0 aliphatic carbocycles. The van der Waals surface area contributed by atoms with Crippen LogP contribution in [0.3, 0.4) is 0 Å². The first-order valence-corrected chi connectivity index (χ1v) is 12.2. The second kappa shape index (κ2) is 11.2. The van der Waals surface area contributed by atoms with Gasteiger partial charge >= 0.3 is 12.1 Å². The average molecular weight is 549 g/mol. The van der Waals surface area contributed by atoms with E-state index in [1.807, 2.05) is 28.8 Å². The number of benzene rings is 1. The van der Waals surface area contributed by atoms with Gasteiger partial charge < -0.3 is 20.3 Å². The van der Waals surface area contributed by atoms with Gasteiger partial charge in [-0.25, -0.2) is 14.8 Å². The number of fused-ring (bicyclic) bond motifs is 2. The Hall–Kier alpha value is -4.03. The first-order valence-electron chi connectivity index (χ1n) is 11.4. The lowest BCUT2D eigenvalue weighted by Crippen LogP contribution is -2.44. The molecule has 0 bridgehead atoms. The number of hydrogen-bond acceptors (Lipinski definition) is 8. The summed E-state index contributed by atoms with van der Waals surface area (Å²) >= 11 is 1.32. The zero-order valence-corrected chi connectivity index (χ0v) is 21.2. The third-order valence-electron chi connectivity index (χ3n) is 5.54. The van der Waals surface area contributed by atoms with Crippen molar-refractivity contribution in [2.45, 2.75) is 30.0 Å². The van der Waals surface area contributed by atoms with Gasteiger partial charge in [0.05, 0.1) is 17.6 Å². The van der Waals surface area contributed by atoms with Crippen LogP contribution < -0.4 is 15.8 Å². The van der Waals surface area contributed by atoms with Gasteiger partial charge in [0.1, 0.15) is 0 Å². The molecular weight excluding hydrogens is 525 g/mol. The number of hydrogen-bond donors (Lipinski definition) is 3. The van der Waals surface area contributed by atoms with Gasteiger partial charge in [0.2, 0.25) is 5.95 Å². The predicted molar refractivity (Wildman–Crippen MR) is 135 cm³/mol. The number of aromatic amines is 1. The molecule has 4 heterocycles. The molecule has 1 fully saturated rings. The normalized spacial score (nSPS) is 13.7. The van der Waals surface area contributed by atoms with Crippen molar-refractivity contribution in [3.63, 3.8) is 0 Å². The fourth-order valence-corrected chi connectivity index (χ4v) is 4.53. The standard InChI is InChI=1S/C21H22N8OS.C2HF3O2/c1-3-4-11-29-16-17(25-20(29)28-12-9-22-10-13-28)26-21(27(2)18(16)30)31-19-23-14-7-5-6-8-15(14)24-19;3-2(4,5)1(6)7/h5-8,22H,9-13H2,1-2H3,(H,23,24);(H,6,7). The molecule has 5 rings (SSSR count). The van der Waals surface area contributed by atoms with Gasteiger partial charge in [0.25, 0.3) is 5.56 Å². The molecule has 15 heteroatoms. The van der Waals surface area contributed by atoms with Gasteiger partial charge in [-0.05, 0) is 30.8 Å². The molecule has 0 amide bonds. The number of piperazine rings is 1. The molecule has 38 heavy (non-hydrogen) atoms. The number of carboxylic acids is 1. The van der Waals surface area contributed by atoms with E-state index < -0.39 is 12.1 Å². The third kappa shape index (κ3) is 5.76. The van der Waals surface area contributed by atoms with Crippen molar-refractivity contribution < 1.29 is 23.1 Å². The molecule has 0 unspecified atom stereocenters. The highest BCUT2D eigenvalue weighted by Gasteiger charge is 2.38. The van der Waals surface area contributed by atoms with Crippen molar-refractivity contribution in [1.82, 2.24) is 34.4 Å². The van der Waals surface area contributed by atoms with Crippen molar-refractivity contribution in [3.8, 4) is 11.8 Å². The number of aromatic nitrogens is 6. The zero-order chi connectivity index (χ0) is 27.4. The summed E-state index contributed by atoms with van der Waals surface area (Å²) in [5.74, 6) is 3.98. The SMILES string of the molecule is CC#CCn1c(N2CCNCC2)nc2nc(Sc3nc4ccccc4[nH]3)n(C)c(=O)c21.O=C(O)C(F)(F)F. The van der Waals surface area contributed by atoms with E-state index in [-0.39, 0.29) is 5.56 Å². The Bertz CT molecular complexity index is 1560. The van der Waals surface area contributed by atoms with Gasteiger partial charge in [0.15, 0.2) is 21.5 Å². The minimum Gasteiger partial charge on any atom is -0.475 e. The van der Waals surface area contributed by atoms with Crippen LogP contribution in [0.5, 0.6) is 0 Å². The van der Waals surface area contributed by atoms with Crippen LogP contribution in [0.15, 0.2) is 39.4 Å². The van der Waals surface area contributed by atoms with E-state index in [0.717, 1.165) is 43.2 Å². The van der Waals surface area contributed by atoms with Gasteiger partial charge in [-0.15, -0.1) is 5.92 Å². The average Bonchev–Trinajstić information content (AvgIpc) is 3.47. The molecule has 1 aromatic carbocycles. The van der Waals surface area contributed by atoms with Crippen LogP contribution in [0, 0.1) is 11.8 Å². The number of aliphatic carboxylic acids is 1. The van der Waals surface area contributed by atoms with Crippen LogP contribution in [-0.2, 0) is 18.4 Å². The van der Waals surface area contributed by atoms with E-state index in [0.29, 0.717) is 28.0 Å². The first-order chi connectivity index (χ1) is 18.1. The Morgan fingerprint density at radius 2 is 1.87 bits per heavy atom. The summed E-state index contributed by atoms with van der Waals surface area (Å²) in [6, 6.07) is 7.82. The van der Waals surface area contributed by atoms with E-state index in [1.165, 1.54) is 11.8 Å². The quantitative estimate of drug-likeness (QED) is 0.259. The van der Waals surface area contributed by atoms with Gasteiger partial charge in [-0.1, -0.05) is 18.1 Å². The molecule has 200 valence electrons. The van der Waals surface area contributed by atoms with Crippen LogP contribution >= 0.6 is 11.8 Å². The van der Waals surface area contributed by atoms with E-state index in [2.05, 4.69) is 32.0 Å². The maximum Gasteiger partial charge on any atom is 0.490 e. The Kier molecular flexibility index (Phi) is 7.93. The van der Waals surface area contributed by atoms with E-state index >= 15 is 0 Å². The lowest BCUT2D eigenvalue weighted by Gasteiger charge is -2.28. The van der Waals surface area contributed by atoms with Crippen molar-refractivity contribution in [2.75, 3.05) is 31.1 Å². The summed E-state index contributed by atoms with van der Waals surface area (Å²) in [6.45, 7) is 5.59. The third-order valence-corrected chi connectivity index (χ3v) is 6.47. The summed E-state index contributed by atoms with van der Waals surface area (Å²) in [6.07, 6.45) is -5.08. The Morgan fingerprint density at radius 1 is 1.18 bits per heavy atom. The summed E-state index contributed by atoms with van der Waals surface area (Å²) in [5, 5.41) is 11.7. The van der Waals surface area contributed by atoms with Crippen molar-refractivity contribution >= 4 is 45.9 Å². The van der Waals surface area contributed by atoms with Gasteiger partial charge in [0, 0.05) is 33.2 Å². The minimum atomic E-state index is -5.08. The summed E-state index contributed by atoms with van der Waals surface area (Å²) in [5.41, 5.74) is 2.59. The van der Waals surface area contributed by atoms with E-state index in [1.54, 1.807) is 18.5 Å². The molecule has 11 nitrogen and oxygen atoms in total. The summed E-state index contributed by atoms with van der Waals surface area (Å²) in [4.78, 5) is 41.8. The molecule has 0 spiro atoms. The topological polar surface area (TPSA) is 134 Å². The van der Waals surface area contributed by atoms with Crippen LogP contribution in [0.4, 0.5) is 19.1 Å². The van der Waals surface area contributed by atoms with Crippen LogP contribution in [0.2, 0.25) is 0 Å². The molecule has 1 aliphatic rings. The Balaban J connectivity index is 0.000000426. The van der Waals surface area contributed by atoms with Gasteiger partial charge in [-0.2, -0.15) is 18.2 Å². The second-order valence-electron chi connectivity index (χ2n) is 8.06. The lowest BCUT2D eigenvalue weighted by molar-refractivity contribution is -0.192. The largest absolute Gasteiger partial charge is 0.490 e. The molecule has 0 atom stereocenters. The fraction of sp³-hybridized carbons (Fsp3) is 0.348. The number of carboxylic acid groups (broad SMARTS) is 1. The second-order valence-corrected chi connectivity index (χ2v) is 9.01. The Labute approximate surface area is 218 Å². The number of nitrogens with one attached hydrogen (secondary N) is 2. The van der Waals surface area contributed by atoms with Crippen molar-refractivity contribution in [3.05, 3.63) is 34.6 Å². The van der Waals surface area contributed by atoms with Crippen molar-refractivity contribution in [2.24, 2.45) is 7.05 Å². The molecule has 0 saturated carbocycles. The monoisotopic (exact) mass is 548 g/mol. The molecule has 4 aromatic rings. The number of imidazole rings is 2. The number of anilines is 1. The van der Waals surface area contributed by atoms with Gasteiger partial charge in [-0.3, -0.25) is 13.9 Å². The minimum absolute atomic E-state index is 0.143. The highest BCUT2D eigenvalue weighted by molar-refractivity contribution is 7.99. The smallest absolute Gasteiger partial charge is 0.475 e. The fourth-order valence-electron chi connectivity index (χ4n) is 3.70. The maximum absolute atomic E-state index is 13.3. The zero-order valence-electron chi connectivity index (χ0n) is 20.3. The lowest BCUT2D eigenvalue weighted by atomic mass is 10.3. The molecule has 3 aromatic heterocycles. The molecular formula is C23H23F3N8O3S. The van der Waals surface area contributed by atoms with E-state index in [4.69, 9.17) is 19.9 Å². The molecule has 0 radical (unpaired) electrons. The molecule has 1 saturated heterocycles. The van der Waals surface area contributed by atoms with Crippen molar-refractivity contribution in [1.29, 1.82) is 0 Å². The number of alkyl halides is 3.